The first kappa shape index (κ1) is 17.4. The van der Waals surface area contributed by atoms with Gasteiger partial charge in [0.2, 0.25) is 0 Å². The molecule has 3 aromatic heterocycles. The Hall–Kier alpha value is -2.73. The fraction of sp³-hybridized carbons (Fsp3) is 0.333. The number of halogens is 1. The summed E-state index contributed by atoms with van der Waals surface area (Å²) in [5.41, 5.74) is 2.13. The van der Waals surface area contributed by atoms with Crippen molar-refractivity contribution in [2.75, 3.05) is 18.0 Å². The van der Waals surface area contributed by atoms with Crippen molar-refractivity contribution in [2.24, 2.45) is 5.92 Å². The van der Waals surface area contributed by atoms with E-state index in [1.807, 2.05) is 35.8 Å². The van der Waals surface area contributed by atoms with Gasteiger partial charge >= 0.3 is 0 Å². The van der Waals surface area contributed by atoms with E-state index in [2.05, 4.69) is 39.0 Å². The van der Waals surface area contributed by atoms with Crippen LogP contribution in [0.2, 0.25) is 5.02 Å². The molecule has 0 bridgehead atoms. The van der Waals surface area contributed by atoms with Gasteiger partial charge in [-0.3, -0.25) is 0 Å². The van der Waals surface area contributed by atoms with Crippen LogP contribution >= 0.6 is 11.6 Å². The number of nitrogens with zero attached hydrogens (tertiary/aromatic N) is 6. The number of fused-ring (bicyclic) bond motifs is 2. The molecule has 28 heavy (non-hydrogen) atoms. The summed E-state index contributed by atoms with van der Waals surface area (Å²) in [7, 11) is 0. The van der Waals surface area contributed by atoms with E-state index >= 15 is 0 Å². The third-order valence-corrected chi connectivity index (χ3v) is 5.99. The van der Waals surface area contributed by atoms with Gasteiger partial charge in [0.25, 0.3) is 5.78 Å². The Morgan fingerprint density at radius 2 is 2.04 bits per heavy atom. The number of benzene rings is 1. The Morgan fingerprint density at radius 3 is 2.93 bits per heavy atom. The molecule has 1 aliphatic heterocycles. The Labute approximate surface area is 168 Å². The van der Waals surface area contributed by atoms with E-state index in [0.717, 1.165) is 52.5 Å². The van der Waals surface area contributed by atoms with Gasteiger partial charge in [0.05, 0.1) is 5.69 Å². The number of pyridine rings is 1. The predicted molar refractivity (Wildman–Crippen MR) is 111 cm³/mol. The van der Waals surface area contributed by atoms with Crippen LogP contribution in [0.15, 0.2) is 42.9 Å². The first-order valence-corrected chi connectivity index (χ1v) is 9.94. The number of aryl methyl sites for hydroxylation is 1. The maximum atomic E-state index is 6.28. The van der Waals surface area contributed by atoms with Crippen molar-refractivity contribution in [3.8, 4) is 0 Å². The van der Waals surface area contributed by atoms with Gasteiger partial charge in [-0.15, -0.1) is 0 Å². The Kier molecular flexibility index (Phi) is 4.16. The second-order valence-electron chi connectivity index (χ2n) is 7.61. The van der Waals surface area contributed by atoms with E-state index in [0.29, 0.717) is 17.6 Å². The van der Waals surface area contributed by atoms with Crippen LogP contribution in [0.25, 0.3) is 16.6 Å². The molecule has 2 atom stereocenters. The van der Waals surface area contributed by atoms with Crippen molar-refractivity contribution in [2.45, 2.75) is 26.2 Å². The lowest BCUT2D eigenvalue weighted by Crippen LogP contribution is -2.39. The topological polar surface area (TPSA) is 59.2 Å². The monoisotopic (exact) mass is 392 g/mol. The first-order chi connectivity index (χ1) is 13.6. The Balaban J connectivity index is 1.58. The van der Waals surface area contributed by atoms with Crippen LogP contribution in [-0.2, 0) is 0 Å². The van der Waals surface area contributed by atoms with E-state index in [-0.39, 0.29) is 0 Å². The largest absolute Gasteiger partial charge is 0.355 e. The van der Waals surface area contributed by atoms with Crippen LogP contribution in [0.1, 0.15) is 30.7 Å². The highest BCUT2D eigenvalue weighted by Gasteiger charge is 2.31. The zero-order chi connectivity index (χ0) is 19.3. The van der Waals surface area contributed by atoms with Gasteiger partial charge in [0, 0.05) is 41.3 Å². The lowest BCUT2D eigenvalue weighted by atomic mass is 9.84. The van der Waals surface area contributed by atoms with Crippen LogP contribution in [0.3, 0.4) is 0 Å². The molecule has 0 amide bonds. The molecule has 4 aromatic rings. The van der Waals surface area contributed by atoms with Crippen molar-refractivity contribution in [3.05, 3.63) is 59.3 Å². The van der Waals surface area contributed by atoms with Crippen LogP contribution < -0.4 is 4.90 Å². The van der Waals surface area contributed by atoms with Crippen molar-refractivity contribution in [1.82, 2.24) is 24.6 Å². The molecule has 1 aliphatic rings. The number of aromatic nitrogens is 5. The van der Waals surface area contributed by atoms with Gasteiger partial charge in [0.15, 0.2) is 0 Å². The van der Waals surface area contributed by atoms with Crippen molar-refractivity contribution in [1.29, 1.82) is 0 Å². The van der Waals surface area contributed by atoms with Gasteiger partial charge in [0.1, 0.15) is 12.1 Å². The molecule has 1 saturated heterocycles. The maximum Gasteiger partial charge on any atom is 0.252 e. The molecule has 0 saturated carbocycles. The fourth-order valence-corrected chi connectivity index (χ4v) is 4.42. The van der Waals surface area contributed by atoms with Gasteiger partial charge in [-0.25, -0.2) is 14.5 Å². The molecular weight excluding hydrogens is 372 g/mol. The second-order valence-corrected chi connectivity index (χ2v) is 8.05. The van der Waals surface area contributed by atoms with Crippen molar-refractivity contribution < 1.29 is 0 Å². The zero-order valence-corrected chi connectivity index (χ0v) is 16.6. The molecule has 7 heteroatoms. The Bertz CT molecular complexity index is 1170. The molecule has 5 rings (SSSR count). The number of hydrogen-bond donors (Lipinski definition) is 0. The molecule has 0 N–H and O–H groups in total. The summed E-state index contributed by atoms with van der Waals surface area (Å²) < 4.78 is 1.88. The summed E-state index contributed by atoms with van der Waals surface area (Å²) >= 11 is 6.28. The predicted octanol–water partition coefficient (Wildman–Crippen LogP) is 4.26. The number of piperidine rings is 1. The zero-order valence-electron chi connectivity index (χ0n) is 15.9. The van der Waals surface area contributed by atoms with Crippen LogP contribution in [-0.4, -0.2) is 37.7 Å². The molecule has 0 spiro atoms. The lowest BCUT2D eigenvalue weighted by molar-refractivity contribution is 0.368. The average Bonchev–Trinajstić information content (AvgIpc) is 3.16. The maximum absolute atomic E-state index is 6.28. The summed E-state index contributed by atoms with van der Waals surface area (Å²) in [5, 5.41) is 7.41. The highest BCUT2D eigenvalue weighted by atomic mass is 35.5. The van der Waals surface area contributed by atoms with Gasteiger partial charge < -0.3 is 4.90 Å². The normalized spacial score (nSPS) is 20.2. The highest BCUT2D eigenvalue weighted by Crippen LogP contribution is 2.36. The van der Waals surface area contributed by atoms with E-state index < -0.39 is 0 Å². The van der Waals surface area contributed by atoms with Crippen LogP contribution in [0, 0.1) is 12.8 Å². The third-order valence-electron chi connectivity index (χ3n) is 5.75. The standard InChI is InChI=1S/C21H21ClN6/c1-13-6-8-27(20-17-10-16(22)4-3-15(17)5-7-23-20)11-18(13)19-9-14(2)26-21-24-12-25-28(19)21/h3-5,7,9-10,12-13,18H,6,8,11H2,1-2H3/t13-,18-/m1/s1. The summed E-state index contributed by atoms with van der Waals surface area (Å²) in [4.78, 5) is 15.9. The average molecular weight is 393 g/mol. The van der Waals surface area contributed by atoms with Crippen molar-refractivity contribution in [3.63, 3.8) is 0 Å². The molecule has 142 valence electrons. The molecular formula is C21H21ClN6. The van der Waals surface area contributed by atoms with E-state index in [4.69, 9.17) is 16.6 Å². The number of rotatable bonds is 2. The molecule has 0 unspecified atom stereocenters. The molecule has 1 aromatic carbocycles. The van der Waals surface area contributed by atoms with Gasteiger partial charge in [-0.05, 0) is 48.9 Å². The number of anilines is 1. The quantitative estimate of drug-likeness (QED) is 0.510. The summed E-state index contributed by atoms with van der Waals surface area (Å²) in [6.45, 7) is 6.17. The van der Waals surface area contributed by atoms with E-state index in [1.165, 1.54) is 0 Å². The van der Waals surface area contributed by atoms with Gasteiger partial charge in [-0.2, -0.15) is 10.1 Å². The minimum absolute atomic E-state index is 0.316. The van der Waals surface area contributed by atoms with Crippen molar-refractivity contribution >= 4 is 34.0 Å². The molecule has 1 fully saturated rings. The minimum Gasteiger partial charge on any atom is -0.355 e. The second kappa shape index (κ2) is 6.71. The smallest absolute Gasteiger partial charge is 0.252 e. The third kappa shape index (κ3) is 2.88. The fourth-order valence-electron chi connectivity index (χ4n) is 4.25. The molecule has 4 heterocycles. The minimum atomic E-state index is 0.316. The summed E-state index contributed by atoms with van der Waals surface area (Å²) in [6.07, 6.45) is 4.54. The SMILES string of the molecule is Cc1cc([C@@H]2CN(c3nccc4ccc(Cl)cc34)CC[C@H]2C)n2ncnc2n1. The van der Waals surface area contributed by atoms with Crippen LogP contribution in [0.4, 0.5) is 5.82 Å². The van der Waals surface area contributed by atoms with Gasteiger partial charge in [-0.1, -0.05) is 24.6 Å². The molecule has 0 radical (unpaired) electrons. The first-order valence-electron chi connectivity index (χ1n) is 9.56. The molecule has 6 nitrogen and oxygen atoms in total. The van der Waals surface area contributed by atoms with Crippen LogP contribution in [0.5, 0.6) is 0 Å². The highest BCUT2D eigenvalue weighted by molar-refractivity contribution is 6.31. The molecule has 0 aliphatic carbocycles. The Morgan fingerprint density at radius 1 is 1.14 bits per heavy atom. The van der Waals surface area contributed by atoms with E-state index in [1.54, 1.807) is 6.33 Å². The van der Waals surface area contributed by atoms with E-state index in [9.17, 15) is 0 Å². The summed E-state index contributed by atoms with van der Waals surface area (Å²) in [6, 6.07) is 10.2. The number of hydrogen-bond acceptors (Lipinski definition) is 5. The summed E-state index contributed by atoms with van der Waals surface area (Å²) in [5.74, 6) is 2.51. The lowest BCUT2D eigenvalue weighted by Gasteiger charge is -2.38.